The van der Waals surface area contributed by atoms with E-state index in [1.54, 1.807) is 27.5 Å². The minimum absolute atomic E-state index is 0.447. The van der Waals surface area contributed by atoms with E-state index < -0.39 is 0 Å². The summed E-state index contributed by atoms with van der Waals surface area (Å²) in [5, 5.41) is 7.18. The third kappa shape index (κ3) is 3.92. The molecule has 0 saturated carbocycles. The monoisotopic (exact) mass is 253 g/mol. The van der Waals surface area contributed by atoms with Crippen LogP contribution in [0.25, 0.3) is 0 Å². The number of benzene rings is 1. The number of ether oxygens (including phenoxy) is 2. The number of hydrazone groups is 1. The van der Waals surface area contributed by atoms with E-state index in [9.17, 15) is 0 Å². The van der Waals surface area contributed by atoms with Gasteiger partial charge in [0, 0.05) is 12.6 Å². The van der Waals surface area contributed by atoms with Crippen LogP contribution in [0.4, 0.5) is 0 Å². The van der Waals surface area contributed by atoms with Gasteiger partial charge in [-0.25, -0.2) is 0 Å². The van der Waals surface area contributed by atoms with E-state index in [1.165, 1.54) is 0 Å². The third-order valence-electron chi connectivity index (χ3n) is 2.03. The van der Waals surface area contributed by atoms with Gasteiger partial charge in [0.25, 0.3) is 0 Å². The second-order valence-electron chi connectivity index (χ2n) is 3.06. The smallest absolute Gasteiger partial charge is 0.186 e. The molecule has 0 radical (unpaired) electrons. The molecule has 0 unspecified atom stereocenters. The number of nitrogens with one attached hydrogen (secondary N) is 2. The highest BCUT2D eigenvalue weighted by Gasteiger charge is 2.02. The summed E-state index contributed by atoms with van der Waals surface area (Å²) in [5.74, 6) is 1.45. The molecule has 0 fully saturated rings. The van der Waals surface area contributed by atoms with Gasteiger partial charge in [0.15, 0.2) is 5.11 Å². The van der Waals surface area contributed by atoms with Crippen molar-refractivity contribution in [2.24, 2.45) is 5.10 Å². The largest absolute Gasteiger partial charge is 0.497 e. The first-order chi connectivity index (χ1) is 8.21. The van der Waals surface area contributed by atoms with Crippen LogP contribution in [0.5, 0.6) is 11.5 Å². The Morgan fingerprint density at radius 2 is 2.12 bits per heavy atom. The number of nitrogens with zero attached hydrogens (tertiary/aromatic N) is 1. The number of thiocarbonyl (C=S) groups is 1. The van der Waals surface area contributed by atoms with Gasteiger partial charge < -0.3 is 14.8 Å². The summed E-state index contributed by atoms with van der Waals surface area (Å²) in [7, 11) is 4.93. The van der Waals surface area contributed by atoms with Gasteiger partial charge in [-0.3, -0.25) is 5.43 Å². The van der Waals surface area contributed by atoms with E-state index >= 15 is 0 Å². The normalized spacial score (nSPS) is 10.1. The van der Waals surface area contributed by atoms with Gasteiger partial charge in [-0.15, -0.1) is 0 Å². The zero-order valence-electron chi connectivity index (χ0n) is 9.98. The average molecular weight is 253 g/mol. The van der Waals surface area contributed by atoms with Gasteiger partial charge in [0.2, 0.25) is 0 Å². The Balaban J connectivity index is 2.83. The summed E-state index contributed by atoms with van der Waals surface area (Å²) in [6, 6.07) is 5.46. The highest BCUT2D eigenvalue weighted by atomic mass is 32.1. The van der Waals surface area contributed by atoms with Crippen LogP contribution in [0.15, 0.2) is 23.3 Å². The zero-order valence-corrected chi connectivity index (χ0v) is 10.8. The molecular weight excluding hydrogens is 238 g/mol. The van der Waals surface area contributed by atoms with Crippen LogP contribution >= 0.6 is 12.2 Å². The van der Waals surface area contributed by atoms with E-state index in [0.29, 0.717) is 10.9 Å². The van der Waals surface area contributed by atoms with Crippen LogP contribution < -0.4 is 20.2 Å². The number of hydrogen-bond acceptors (Lipinski definition) is 4. The molecule has 0 atom stereocenters. The predicted molar refractivity (Wildman–Crippen MR) is 71.9 cm³/mol. The maximum Gasteiger partial charge on any atom is 0.186 e. The topological polar surface area (TPSA) is 54.9 Å². The fourth-order valence-electron chi connectivity index (χ4n) is 1.16. The Labute approximate surface area is 106 Å². The summed E-state index contributed by atoms with van der Waals surface area (Å²) in [6.45, 7) is 0. The minimum Gasteiger partial charge on any atom is -0.497 e. The molecule has 0 heterocycles. The molecule has 0 aliphatic heterocycles. The first-order valence-corrected chi connectivity index (χ1v) is 5.35. The van der Waals surface area contributed by atoms with Crippen molar-refractivity contribution in [1.29, 1.82) is 0 Å². The first kappa shape index (κ1) is 13.2. The Hall–Kier alpha value is -1.82. The molecule has 0 spiro atoms. The summed E-state index contributed by atoms with van der Waals surface area (Å²) in [4.78, 5) is 0. The van der Waals surface area contributed by atoms with Crippen LogP contribution in [0, 0.1) is 0 Å². The molecule has 0 aliphatic carbocycles. The first-order valence-electron chi connectivity index (χ1n) is 4.94. The fourth-order valence-corrected chi connectivity index (χ4v) is 1.21. The number of rotatable bonds is 4. The third-order valence-corrected chi connectivity index (χ3v) is 2.33. The lowest BCUT2D eigenvalue weighted by atomic mass is 10.2. The molecule has 2 N–H and O–H groups in total. The lowest BCUT2D eigenvalue weighted by Crippen LogP contribution is -2.28. The van der Waals surface area contributed by atoms with Gasteiger partial charge in [0.05, 0.1) is 20.4 Å². The molecule has 0 amide bonds. The Kier molecular flexibility index (Phi) is 5.22. The van der Waals surface area contributed by atoms with Gasteiger partial charge >= 0.3 is 0 Å². The predicted octanol–water partition coefficient (Wildman–Crippen LogP) is 1.13. The van der Waals surface area contributed by atoms with Crippen molar-refractivity contribution in [3.63, 3.8) is 0 Å². The SMILES string of the molecule is CNC(=S)N/N=C\c1cc(OC)ccc1OC. The molecule has 5 nitrogen and oxygen atoms in total. The average Bonchev–Trinajstić information content (AvgIpc) is 2.38. The van der Waals surface area contributed by atoms with Crippen LogP contribution in [0.2, 0.25) is 0 Å². The van der Waals surface area contributed by atoms with E-state index in [0.717, 1.165) is 11.3 Å². The zero-order chi connectivity index (χ0) is 12.7. The van der Waals surface area contributed by atoms with Crippen LogP contribution in [0.1, 0.15) is 5.56 Å². The molecular formula is C11H15N3O2S. The lowest BCUT2D eigenvalue weighted by Gasteiger charge is -2.07. The van der Waals surface area contributed by atoms with Crippen molar-refractivity contribution in [2.45, 2.75) is 0 Å². The Morgan fingerprint density at radius 1 is 1.35 bits per heavy atom. The van der Waals surface area contributed by atoms with Crippen molar-refractivity contribution in [2.75, 3.05) is 21.3 Å². The summed E-state index contributed by atoms with van der Waals surface area (Å²) >= 11 is 4.89. The number of methoxy groups -OCH3 is 2. The van der Waals surface area contributed by atoms with E-state index in [-0.39, 0.29) is 0 Å². The van der Waals surface area contributed by atoms with E-state index in [1.807, 2.05) is 18.2 Å². The van der Waals surface area contributed by atoms with Crippen LogP contribution in [-0.2, 0) is 0 Å². The maximum atomic E-state index is 5.21. The molecule has 0 aliphatic rings. The number of hydrogen-bond donors (Lipinski definition) is 2. The molecule has 0 bridgehead atoms. The van der Waals surface area contributed by atoms with Gasteiger partial charge in [-0.05, 0) is 30.4 Å². The second-order valence-corrected chi connectivity index (χ2v) is 3.47. The summed E-state index contributed by atoms with van der Waals surface area (Å²) < 4.78 is 10.3. The molecule has 0 saturated heterocycles. The maximum absolute atomic E-state index is 5.21. The van der Waals surface area contributed by atoms with Crippen LogP contribution in [-0.4, -0.2) is 32.6 Å². The van der Waals surface area contributed by atoms with Gasteiger partial charge in [-0.1, -0.05) is 0 Å². The van der Waals surface area contributed by atoms with E-state index in [2.05, 4.69) is 15.8 Å². The second kappa shape index (κ2) is 6.70. The molecule has 0 aromatic heterocycles. The quantitative estimate of drug-likeness (QED) is 0.478. The van der Waals surface area contributed by atoms with Crippen molar-refractivity contribution in [3.05, 3.63) is 23.8 Å². The van der Waals surface area contributed by atoms with Gasteiger partial charge in [-0.2, -0.15) is 5.10 Å². The minimum atomic E-state index is 0.447. The summed E-state index contributed by atoms with van der Waals surface area (Å²) in [6.07, 6.45) is 1.62. The van der Waals surface area contributed by atoms with Gasteiger partial charge in [0.1, 0.15) is 11.5 Å². The molecule has 1 aromatic carbocycles. The molecule has 1 aromatic rings. The highest BCUT2D eigenvalue weighted by Crippen LogP contribution is 2.22. The molecule has 17 heavy (non-hydrogen) atoms. The summed E-state index contributed by atoms with van der Waals surface area (Å²) in [5.41, 5.74) is 3.47. The lowest BCUT2D eigenvalue weighted by molar-refractivity contribution is 0.402. The Morgan fingerprint density at radius 3 is 2.71 bits per heavy atom. The van der Waals surface area contributed by atoms with E-state index in [4.69, 9.17) is 21.7 Å². The fraction of sp³-hybridized carbons (Fsp3) is 0.273. The standard InChI is InChI=1S/C11H15N3O2S/c1-12-11(17)14-13-7-8-6-9(15-2)4-5-10(8)16-3/h4-7H,1-3H3,(H2,12,14,17)/b13-7-. The highest BCUT2D eigenvalue weighted by molar-refractivity contribution is 7.80. The van der Waals surface area contributed by atoms with Crippen molar-refractivity contribution >= 4 is 23.5 Å². The van der Waals surface area contributed by atoms with Crippen LogP contribution in [0.3, 0.4) is 0 Å². The molecule has 1 rings (SSSR count). The molecule has 6 heteroatoms. The Bertz CT molecular complexity index is 421. The molecule has 92 valence electrons. The van der Waals surface area contributed by atoms with Crippen molar-refractivity contribution < 1.29 is 9.47 Å². The van der Waals surface area contributed by atoms with Crippen molar-refractivity contribution in [1.82, 2.24) is 10.7 Å². The van der Waals surface area contributed by atoms with Crippen molar-refractivity contribution in [3.8, 4) is 11.5 Å².